The number of methoxy groups -OCH3 is 2. The molecule has 0 heterocycles. The van der Waals surface area contributed by atoms with Gasteiger partial charge in [-0.1, -0.05) is 0 Å². The van der Waals surface area contributed by atoms with Gasteiger partial charge in [-0.3, -0.25) is 4.79 Å². The van der Waals surface area contributed by atoms with Crippen LogP contribution in [0.15, 0.2) is 42.5 Å². The molecule has 28 heavy (non-hydrogen) atoms. The van der Waals surface area contributed by atoms with Crippen LogP contribution in [0.4, 0.5) is 14.5 Å². The molecule has 1 unspecified atom stereocenters. The van der Waals surface area contributed by atoms with Crippen LogP contribution in [0.5, 0.6) is 11.5 Å². The van der Waals surface area contributed by atoms with Crippen molar-refractivity contribution in [3.05, 3.63) is 59.7 Å². The second-order valence-electron chi connectivity index (χ2n) is 5.63. The van der Waals surface area contributed by atoms with Crippen LogP contribution in [0.1, 0.15) is 12.5 Å². The van der Waals surface area contributed by atoms with E-state index in [1.54, 1.807) is 18.2 Å². The third kappa shape index (κ3) is 5.54. The van der Waals surface area contributed by atoms with Crippen LogP contribution < -0.4 is 14.8 Å². The van der Waals surface area contributed by atoms with Gasteiger partial charge < -0.3 is 19.5 Å². The number of carbonyl (C=O) groups excluding carboxylic acids is 2. The molecule has 1 amide bonds. The molecule has 0 saturated heterocycles. The van der Waals surface area contributed by atoms with Crippen molar-refractivity contribution in [1.82, 2.24) is 0 Å². The fourth-order valence-corrected chi connectivity index (χ4v) is 2.22. The summed E-state index contributed by atoms with van der Waals surface area (Å²) in [6.45, 7) is 1.33. The zero-order valence-electron chi connectivity index (χ0n) is 15.5. The number of nitrogens with one attached hydrogen (secondary N) is 1. The van der Waals surface area contributed by atoms with Crippen molar-refractivity contribution < 1.29 is 32.6 Å². The monoisotopic (exact) mass is 391 g/mol. The number of hydrogen-bond donors (Lipinski definition) is 1. The van der Waals surface area contributed by atoms with E-state index in [9.17, 15) is 18.4 Å². The molecule has 6 nitrogen and oxygen atoms in total. The number of halogens is 2. The lowest BCUT2D eigenvalue weighted by Crippen LogP contribution is -2.29. The quantitative estimate of drug-likeness (QED) is 0.577. The minimum atomic E-state index is -1.20. The molecule has 0 aromatic heterocycles. The Morgan fingerprint density at radius 1 is 1.07 bits per heavy atom. The van der Waals surface area contributed by atoms with Gasteiger partial charge in [0.1, 0.15) is 23.1 Å². The van der Waals surface area contributed by atoms with Gasteiger partial charge in [-0.15, -0.1) is 0 Å². The van der Waals surface area contributed by atoms with Crippen molar-refractivity contribution in [2.45, 2.75) is 13.0 Å². The van der Waals surface area contributed by atoms with E-state index < -0.39 is 29.6 Å². The number of ether oxygens (including phenoxy) is 3. The van der Waals surface area contributed by atoms with Gasteiger partial charge in [-0.05, 0) is 43.3 Å². The molecule has 2 rings (SSSR count). The van der Waals surface area contributed by atoms with Crippen molar-refractivity contribution >= 4 is 23.6 Å². The van der Waals surface area contributed by atoms with Crippen molar-refractivity contribution in [2.75, 3.05) is 19.5 Å². The summed E-state index contributed by atoms with van der Waals surface area (Å²) in [7, 11) is 2.99. The molecule has 8 heteroatoms. The van der Waals surface area contributed by atoms with Gasteiger partial charge in [0.2, 0.25) is 0 Å². The maximum Gasteiger partial charge on any atom is 0.331 e. The van der Waals surface area contributed by atoms with Crippen molar-refractivity contribution in [3.63, 3.8) is 0 Å². The van der Waals surface area contributed by atoms with E-state index in [1.807, 2.05) is 0 Å². The lowest BCUT2D eigenvalue weighted by molar-refractivity contribution is -0.148. The van der Waals surface area contributed by atoms with Crippen LogP contribution in [0, 0.1) is 11.6 Å². The Labute approximate surface area is 160 Å². The number of rotatable bonds is 7. The number of anilines is 1. The summed E-state index contributed by atoms with van der Waals surface area (Å²) in [5.74, 6) is -2.16. The minimum absolute atomic E-state index is 0.217. The van der Waals surface area contributed by atoms with Gasteiger partial charge in [0, 0.05) is 17.7 Å². The summed E-state index contributed by atoms with van der Waals surface area (Å²) < 4.78 is 41.8. The topological polar surface area (TPSA) is 73.9 Å². The molecule has 0 bridgehead atoms. The summed E-state index contributed by atoms with van der Waals surface area (Å²) in [6.07, 6.45) is 1.38. The summed E-state index contributed by atoms with van der Waals surface area (Å²) in [5.41, 5.74) is 0.357. The molecule has 0 radical (unpaired) electrons. The van der Waals surface area contributed by atoms with E-state index in [-0.39, 0.29) is 5.69 Å². The second kappa shape index (κ2) is 9.50. The van der Waals surface area contributed by atoms with Crippen LogP contribution in [-0.2, 0) is 14.3 Å². The highest BCUT2D eigenvalue weighted by molar-refractivity contribution is 5.96. The SMILES string of the molecule is COc1ccc(OC)c(/C=C/C(=O)OC(C)C(=O)Nc2ccc(F)cc2F)c1. The van der Waals surface area contributed by atoms with Crippen LogP contribution >= 0.6 is 0 Å². The Bertz CT molecular complexity index is 898. The van der Waals surface area contributed by atoms with E-state index in [0.29, 0.717) is 23.1 Å². The molecule has 0 aliphatic rings. The maximum atomic E-state index is 13.6. The number of hydrogen-bond acceptors (Lipinski definition) is 5. The predicted molar refractivity (Wildman–Crippen MR) is 99.1 cm³/mol. The highest BCUT2D eigenvalue weighted by atomic mass is 19.1. The fraction of sp³-hybridized carbons (Fsp3) is 0.200. The highest BCUT2D eigenvalue weighted by Crippen LogP contribution is 2.25. The molecule has 0 spiro atoms. The summed E-state index contributed by atoms with van der Waals surface area (Å²) in [6, 6.07) is 7.75. The molecule has 2 aromatic carbocycles. The zero-order valence-corrected chi connectivity index (χ0v) is 15.5. The first kappa shape index (κ1) is 20.9. The van der Waals surface area contributed by atoms with Gasteiger partial charge in [0.05, 0.1) is 19.9 Å². The maximum absolute atomic E-state index is 13.6. The highest BCUT2D eigenvalue weighted by Gasteiger charge is 2.18. The van der Waals surface area contributed by atoms with Gasteiger partial charge >= 0.3 is 5.97 Å². The molecule has 0 aliphatic heterocycles. The van der Waals surface area contributed by atoms with E-state index >= 15 is 0 Å². The normalized spacial score (nSPS) is 11.8. The van der Waals surface area contributed by atoms with Crippen molar-refractivity contribution in [1.29, 1.82) is 0 Å². The standard InChI is InChI=1S/C20H19F2NO5/c1-12(20(25)23-17-7-5-14(21)11-16(17)22)28-19(24)9-4-13-10-15(26-2)6-8-18(13)27-3/h4-12H,1-3H3,(H,23,25)/b9-4+. The zero-order chi connectivity index (χ0) is 20.7. The number of benzene rings is 2. The lowest BCUT2D eigenvalue weighted by Gasteiger charge is -2.13. The van der Waals surface area contributed by atoms with Crippen LogP contribution in [0.25, 0.3) is 6.08 Å². The smallest absolute Gasteiger partial charge is 0.331 e. The van der Waals surface area contributed by atoms with Gasteiger partial charge in [-0.25, -0.2) is 13.6 Å². The van der Waals surface area contributed by atoms with Gasteiger partial charge in [0.25, 0.3) is 5.91 Å². The first-order valence-electron chi connectivity index (χ1n) is 8.20. The molecular formula is C20H19F2NO5. The number of carbonyl (C=O) groups is 2. The van der Waals surface area contributed by atoms with Crippen molar-refractivity contribution in [3.8, 4) is 11.5 Å². The van der Waals surface area contributed by atoms with Crippen LogP contribution in [0.2, 0.25) is 0 Å². The summed E-state index contributed by atoms with van der Waals surface area (Å²) >= 11 is 0. The Hall–Kier alpha value is -3.42. The molecule has 1 atom stereocenters. The lowest BCUT2D eigenvalue weighted by atomic mass is 10.1. The fourth-order valence-electron chi connectivity index (χ4n) is 2.22. The largest absolute Gasteiger partial charge is 0.497 e. The predicted octanol–water partition coefficient (Wildman–Crippen LogP) is 3.57. The molecular weight excluding hydrogens is 372 g/mol. The molecule has 148 valence electrons. The van der Waals surface area contributed by atoms with Crippen molar-refractivity contribution in [2.24, 2.45) is 0 Å². The Morgan fingerprint density at radius 2 is 1.82 bits per heavy atom. The average molecular weight is 391 g/mol. The number of esters is 1. The molecule has 0 saturated carbocycles. The third-order valence-electron chi connectivity index (χ3n) is 3.69. The van der Waals surface area contributed by atoms with E-state index in [4.69, 9.17) is 14.2 Å². The molecule has 0 fully saturated rings. The van der Waals surface area contributed by atoms with E-state index in [1.165, 1.54) is 27.2 Å². The molecule has 0 aliphatic carbocycles. The number of amides is 1. The molecule has 2 aromatic rings. The third-order valence-corrected chi connectivity index (χ3v) is 3.69. The Balaban J connectivity index is 2.00. The molecule has 1 N–H and O–H groups in total. The second-order valence-corrected chi connectivity index (χ2v) is 5.63. The van der Waals surface area contributed by atoms with Gasteiger partial charge in [0.15, 0.2) is 6.10 Å². The summed E-state index contributed by atoms with van der Waals surface area (Å²) in [5, 5.41) is 2.23. The van der Waals surface area contributed by atoms with E-state index in [0.717, 1.165) is 18.2 Å². The first-order chi connectivity index (χ1) is 13.3. The first-order valence-corrected chi connectivity index (χ1v) is 8.20. The Kier molecular flexibility index (Phi) is 7.08. The Morgan fingerprint density at radius 3 is 2.46 bits per heavy atom. The average Bonchev–Trinajstić information content (AvgIpc) is 2.68. The van der Waals surface area contributed by atoms with E-state index in [2.05, 4.69) is 5.32 Å². The van der Waals surface area contributed by atoms with Crippen LogP contribution in [0.3, 0.4) is 0 Å². The van der Waals surface area contributed by atoms with Crippen LogP contribution in [-0.4, -0.2) is 32.2 Å². The van der Waals surface area contributed by atoms with Gasteiger partial charge in [-0.2, -0.15) is 0 Å². The minimum Gasteiger partial charge on any atom is -0.497 e. The summed E-state index contributed by atoms with van der Waals surface area (Å²) in [4.78, 5) is 24.0.